The second-order valence-electron chi connectivity index (χ2n) is 5.07. The molecule has 2 rings (SSSR count). The molecule has 0 radical (unpaired) electrons. The van der Waals surface area contributed by atoms with Crippen molar-refractivity contribution in [3.63, 3.8) is 0 Å². The first-order valence-corrected chi connectivity index (χ1v) is 9.62. The fourth-order valence-corrected chi connectivity index (χ4v) is 3.33. The van der Waals surface area contributed by atoms with Crippen LogP contribution in [0.4, 0.5) is 5.69 Å². The van der Waals surface area contributed by atoms with Gasteiger partial charge in [-0.1, -0.05) is 23.4 Å². The van der Waals surface area contributed by atoms with Crippen LogP contribution in [0.5, 0.6) is 17.8 Å². The summed E-state index contributed by atoms with van der Waals surface area (Å²) in [7, 11) is -1.25. The third kappa shape index (κ3) is 6.18. The minimum Gasteiger partial charge on any atom is -0.481 e. The van der Waals surface area contributed by atoms with Crippen LogP contribution in [0.2, 0.25) is 5.02 Å². The lowest BCUT2D eigenvalue weighted by Gasteiger charge is -2.06. The predicted molar refractivity (Wildman–Crippen MR) is 102 cm³/mol. The molecular formula is C16H15ClN4O7S. The number of ether oxygens (including phenoxy) is 3. The molecule has 0 bridgehead atoms. The van der Waals surface area contributed by atoms with Gasteiger partial charge in [0.05, 0.1) is 36.8 Å². The van der Waals surface area contributed by atoms with E-state index >= 15 is 0 Å². The summed E-state index contributed by atoms with van der Waals surface area (Å²) in [6.45, 7) is -0.400. The van der Waals surface area contributed by atoms with E-state index in [-0.39, 0.29) is 35.9 Å². The number of aromatic nitrogens is 2. The van der Waals surface area contributed by atoms with Gasteiger partial charge in [-0.25, -0.2) is 8.42 Å². The summed E-state index contributed by atoms with van der Waals surface area (Å²) < 4.78 is 41.9. The summed E-state index contributed by atoms with van der Waals surface area (Å²) in [4.78, 5) is 17.6. The number of benzene rings is 1. The summed E-state index contributed by atoms with van der Waals surface area (Å²) >= 11 is 5.83. The highest BCUT2D eigenvalue weighted by Crippen LogP contribution is 2.25. The standard InChI is InChI=1S/C16H15ClN4O7S/c1-26-14-10-15(27-2)20-16(19-14)28-8-4-3-7-18-29(24,25)13-9-11(21(22)23)5-6-12(13)17/h5-6,9-10,18H,7-8H2,1-2H3. The Hall–Kier alpha value is -3.14. The van der Waals surface area contributed by atoms with Crippen molar-refractivity contribution in [3.05, 3.63) is 39.4 Å². The van der Waals surface area contributed by atoms with Gasteiger partial charge < -0.3 is 14.2 Å². The zero-order valence-corrected chi connectivity index (χ0v) is 16.8. The van der Waals surface area contributed by atoms with E-state index in [1.807, 2.05) is 0 Å². The lowest BCUT2D eigenvalue weighted by atomic mass is 10.3. The van der Waals surface area contributed by atoms with Crippen LogP contribution in [0, 0.1) is 22.0 Å². The lowest BCUT2D eigenvalue weighted by Crippen LogP contribution is -2.24. The van der Waals surface area contributed by atoms with E-state index in [0.717, 1.165) is 18.2 Å². The summed E-state index contributed by atoms with van der Waals surface area (Å²) in [6, 6.07) is 4.55. The number of methoxy groups -OCH3 is 2. The van der Waals surface area contributed by atoms with Gasteiger partial charge >= 0.3 is 6.01 Å². The molecule has 0 saturated carbocycles. The average molecular weight is 443 g/mol. The first-order chi connectivity index (χ1) is 13.8. The minimum absolute atomic E-state index is 0.0283. The number of nitrogens with one attached hydrogen (secondary N) is 1. The average Bonchev–Trinajstić information content (AvgIpc) is 2.70. The molecule has 0 saturated heterocycles. The smallest absolute Gasteiger partial charge is 0.324 e. The first kappa shape index (κ1) is 22.2. The normalized spacial score (nSPS) is 10.6. The molecule has 2 aromatic rings. The van der Waals surface area contributed by atoms with Crippen molar-refractivity contribution < 1.29 is 27.6 Å². The Morgan fingerprint density at radius 1 is 1.17 bits per heavy atom. The van der Waals surface area contributed by atoms with Crippen LogP contribution in [0.1, 0.15) is 0 Å². The maximum atomic E-state index is 12.3. The third-order valence-electron chi connectivity index (χ3n) is 3.24. The first-order valence-electron chi connectivity index (χ1n) is 7.76. The molecule has 0 aliphatic rings. The molecule has 29 heavy (non-hydrogen) atoms. The Kier molecular flexibility index (Phi) is 7.54. The van der Waals surface area contributed by atoms with E-state index in [2.05, 4.69) is 26.5 Å². The molecule has 13 heteroatoms. The number of non-ortho nitro benzene ring substituents is 1. The Morgan fingerprint density at radius 2 is 1.83 bits per heavy atom. The van der Waals surface area contributed by atoms with E-state index in [0.29, 0.717) is 0 Å². The van der Waals surface area contributed by atoms with Gasteiger partial charge in [-0.3, -0.25) is 10.1 Å². The quantitative estimate of drug-likeness (QED) is 0.364. The largest absolute Gasteiger partial charge is 0.481 e. The highest BCUT2D eigenvalue weighted by atomic mass is 35.5. The fourth-order valence-electron chi connectivity index (χ4n) is 1.89. The summed E-state index contributed by atoms with van der Waals surface area (Å²) in [5, 5.41) is 10.7. The zero-order chi connectivity index (χ0) is 21.4. The highest BCUT2D eigenvalue weighted by molar-refractivity contribution is 7.89. The van der Waals surface area contributed by atoms with Gasteiger partial charge in [-0.2, -0.15) is 14.7 Å². The van der Waals surface area contributed by atoms with Crippen LogP contribution >= 0.6 is 11.6 Å². The molecular weight excluding hydrogens is 428 g/mol. The van der Waals surface area contributed by atoms with Crippen molar-refractivity contribution in [3.8, 4) is 29.6 Å². The van der Waals surface area contributed by atoms with E-state index in [4.69, 9.17) is 25.8 Å². The van der Waals surface area contributed by atoms with Crippen molar-refractivity contribution >= 4 is 27.3 Å². The van der Waals surface area contributed by atoms with E-state index in [9.17, 15) is 18.5 Å². The SMILES string of the molecule is COc1cc(OC)nc(OCC#CCNS(=O)(=O)c2cc([N+](=O)[O-])ccc2Cl)n1. The van der Waals surface area contributed by atoms with E-state index < -0.39 is 25.5 Å². The van der Waals surface area contributed by atoms with E-state index in [1.165, 1.54) is 20.3 Å². The Labute approximate surface area is 171 Å². The molecule has 0 unspecified atom stereocenters. The van der Waals surface area contributed by atoms with Crippen molar-refractivity contribution in [1.29, 1.82) is 0 Å². The van der Waals surface area contributed by atoms with Crippen LogP contribution < -0.4 is 18.9 Å². The zero-order valence-electron chi connectivity index (χ0n) is 15.2. The molecule has 1 N–H and O–H groups in total. The number of rotatable bonds is 8. The number of nitrogens with zero attached hydrogens (tertiary/aromatic N) is 3. The molecule has 0 aliphatic carbocycles. The van der Waals surface area contributed by atoms with E-state index in [1.54, 1.807) is 0 Å². The number of sulfonamides is 1. The third-order valence-corrected chi connectivity index (χ3v) is 5.12. The van der Waals surface area contributed by atoms with Gasteiger partial charge in [0.15, 0.2) is 6.61 Å². The second kappa shape index (κ2) is 9.87. The highest BCUT2D eigenvalue weighted by Gasteiger charge is 2.20. The van der Waals surface area contributed by atoms with Gasteiger partial charge in [-0.05, 0) is 6.07 Å². The molecule has 0 atom stereocenters. The number of hydrogen-bond acceptors (Lipinski definition) is 9. The van der Waals surface area contributed by atoms with Crippen LogP contribution in [-0.2, 0) is 10.0 Å². The summed E-state index contributed by atoms with van der Waals surface area (Å²) in [5.74, 6) is 5.59. The monoisotopic (exact) mass is 442 g/mol. The van der Waals surface area contributed by atoms with Gasteiger partial charge in [0.1, 0.15) is 4.90 Å². The molecule has 154 valence electrons. The van der Waals surface area contributed by atoms with Crippen molar-refractivity contribution in [1.82, 2.24) is 14.7 Å². The molecule has 0 fully saturated rings. The van der Waals surface area contributed by atoms with Gasteiger partial charge in [0.25, 0.3) is 5.69 Å². The number of nitro groups is 1. The molecule has 1 heterocycles. The number of hydrogen-bond donors (Lipinski definition) is 1. The molecule has 1 aromatic heterocycles. The van der Waals surface area contributed by atoms with Crippen LogP contribution in [0.3, 0.4) is 0 Å². The van der Waals surface area contributed by atoms with Crippen LogP contribution in [0.15, 0.2) is 29.2 Å². The van der Waals surface area contributed by atoms with Crippen molar-refractivity contribution in [2.75, 3.05) is 27.4 Å². The summed E-state index contributed by atoms with van der Waals surface area (Å²) in [5.41, 5.74) is -0.400. The molecule has 0 aliphatic heterocycles. The van der Waals surface area contributed by atoms with Crippen molar-refractivity contribution in [2.45, 2.75) is 4.90 Å². The molecule has 11 nitrogen and oxygen atoms in total. The topological polar surface area (TPSA) is 143 Å². The fraction of sp³-hybridized carbons (Fsp3) is 0.250. The van der Waals surface area contributed by atoms with Gasteiger partial charge in [-0.15, -0.1) is 0 Å². The number of halogens is 1. The maximum Gasteiger partial charge on any atom is 0.324 e. The Morgan fingerprint density at radius 3 is 2.41 bits per heavy atom. The van der Waals surface area contributed by atoms with Crippen LogP contribution in [-0.4, -0.2) is 50.7 Å². The minimum atomic E-state index is -4.09. The molecule has 0 amide bonds. The Balaban J connectivity index is 1.96. The molecule has 0 spiro atoms. The Bertz CT molecular complexity index is 1040. The summed E-state index contributed by atoms with van der Waals surface area (Å²) in [6.07, 6.45) is 0. The van der Waals surface area contributed by atoms with Gasteiger partial charge in [0.2, 0.25) is 21.8 Å². The van der Waals surface area contributed by atoms with Crippen molar-refractivity contribution in [2.24, 2.45) is 0 Å². The maximum absolute atomic E-state index is 12.3. The van der Waals surface area contributed by atoms with Gasteiger partial charge in [0, 0.05) is 12.1 Å². The predicted octanol–water partition coefficient (Wildman–Crippen LogP) is 1.42. The molecule has 1 aromatic carbocycles. The second-order valence-corrected chi connectivity index (χ2v) is 7.22. The van der Waals surface area contributed by atoms with Crippen LogP contribution in [0.25, 0.3) is 0 Å². The number of nitro benzene ring substituents is 1. The lowest BCUT2D eigenvalue weighted by molar-refractivity contribution is -0.385.